The molecule has 4 N–H and O–H groups in total. The van der Waals surface area contributed by atoms with E-state index < -0.39 is 12.3 Å². The highest BCUT2D eigenvalue weighted by Crippen LogP contribution is 2.33. The molecule has 1 saturated heterocycles. The summed E-state index contributed by atoms with van der Waals surface area (Å²) in [5.41, 5.74) is 6.12. The van der Waals surface area contributed by atoms with Gasteiger partial charge in [0.05, 0.1) is 13.2 Å². The molecular weight excluding hydrogens is 326 g/mol. The highest BCUT2D eigenvalue weighted by Gasteiger charge is 2.45. The third-order valence-electron chi connectivity index (χ3n) is 4.70. The van der Waals surface area contributed by atoms with Crippen LogP contribution in [-0.2, 0) is 16.5 Å². The zero-order chi connectivity index (χ0) is 18.1. The summed E-state index contributed by atoms with van der Waals surface area (Å²) in [7, 11) is 1.74. The quantitative estimate of drug-likeness (QED) is 0.491. The number of nitrogens with two attached hydrogens (primary N) is 1. The van der Waals surface area contributed by atoms with Gasteiger partial charge in [0.15, 0.2) is 6.33 Å². The smallest absolute Gasteiger partial charge is 0.313 e. The Morgan fingerprint density at radius 1 is 1.52 bits per heavy atom. The summed E-state index contributed by atoms with van der Waals surface area (Å²) < 4.78 is 14.8. The van der Waals surface area contributed by atoms with E-state index >= 15 is 0 Å². The summed E-state index contributed by atoms with van der Waals surface area (Å²) >= 11 is 0. The molecule has 1 fully saturated rings. The number of ether oxygens (including phenoxy) is 2. The molecule has 138 valence electrons. The normalized spacial score (nSPS) is 26.6. The number of fused-ring (bicyclic) bond motifs is 1. The first-order valence-corrected chi connectivity index (χ1v) is 8.61. The largest absolute Gasteiger partial charge is 0.386 e. The van der Waals surface area contributed by atoms with E-state index in [9.17, 15) is 9.90 Å². The van der Waals surface area contributed by atoms with Gasteiger partial charge in [-0.05, 0) is 19.8 Å². The van der Waals surface area contributed by atoms with Gasteiger partial charge in [-0.1, -0.05) is 11.9 Å². The lowest BCUT2D eigenvalue weighted by Gasteiger charge is -2.17. The molecule has 9 nitrogen and oxygen atoms in total. The number of anilines is 1. The molecule has 0 saturated carbocycles. The molecule has 1 aliphatic heterocycles. The van der Waals surface area contributed by atoms with Crippen LogP contribution in [0.5, 0.6) is 0 Å². The maximum absolute atomic E-state index is 12.1. The number of H-pyrrole nitrogens is 1. The Balaban J connectivity index is 1.87. The first kappa shape index (κ1) is 17.8. The minimum atomic E-state index is -0.724. The molecule has 0 spiro atoms. The van der Waals surface area contributed by atoms with Crippen molar-refractivity contribution in [1.29, 1.82) is 0 Å². The second-order valence-corrected chi connectivity index (χ2v) is 6.54. The number of nitrogen functional groups attached to an aromatic ring is 1. The summed E-state index contributed by atoms with van der Waals surface area (Å²) in [5, 5.41) is 10.8. The molecule has 0 radical (unpaired) electrons. The Kier molecular flexibility index (Phi) is 5.07. The van der Waals surface area contributed by atoms with E-state index in [1.165, 1.54) is 0 Å². The van der Waals surface area contributed by atoms with Gasteiger partial charge in [-0.15, -0.1) is 0 Å². The van der Waals surface area contributed by atoms with Gasteiger partial charge >= 0.3 is 5.65 Å². The number of nitrogens with one attached hydrogen (secondary N) is 1. The highest BCUT2D eigenvalue weighted by molar-refractivity contribution is 5.67. The summed E-state index contributed by atoms with van der Waals surface area (Å²) in [6.07, 6.45) is 1.90. The van der Waals surface area contributed by atoms with Crippen molar-refractivity contribution in [2.45, 2.75) is 45.1 Å². The number of aromatic nitrogens is 4. The van der Waals surface area contributed by atoms with Gasteiger partial charge in [-0.2, -0.15) is 0 Å². The van der Waals surface area contributed by atoms with Crippen LogP contribution in [0.15, 0.2) is 11.1 Å². The molecule has 3 rings (SSSR count). The zero-order valence-corrected chi connectivity index (χ0v) is 14.8. The lowest BCUT2D eigenvalue weighted by molar-refractivity contribution is -0.745. The average molecular weight is 352 g/mol. The van der Waals surface area contributed by atoms with Gasteiger partial charge in [0.25, 0.3) is 11.5 Å². The van der Waals surface area contributed by atoms with Gasteiger partial charge in [0, 0.05) is 19.1 Å². The first-order valence-electron chi connectivity index (χ1n) is 8.61. The molecule has 0 unspecified atom stereocenters. The lowest BCUT2D eigenvalue weighted by atomic mass is 9.95. The molecule has 0 amide bonds. The number of aromatic amines is 1. The number of nitrogens with zero attached hydrogens (tertiary/aromatic N) is 3. The van der Waals surface area contributed by atoms with E-state index in [2.05, 4.69) is 16.9 Å². The number of aryl methyl sites for hydroxylation is 1. The van der Waals surface area contributed by atoms with E-state index in [1.54, 1.807) is 22.5 Å². The number of aliphatic hydroxyl groups is 1. The minimum Gasteiger partial charge on any atom is -0.386 e. The SMILES string of the molecule is CCCOCC[C@H]1[C@@H](O)[C@H]([n+]2cn(C)c3c(=O)[nH]c(N)nc32)O[C@@H]1C. The van der Waals surface area contributed by atoms with Crippen LogP contribution in [0, 0.1) is 5.92 Å². The van der Waals surface area contributed by atoms with Crippen LogP contribution in [0.25, 0.3) is 11.2 Å². The van der Waals surface area contributed by atoms with Crippen LogP contribution >= 0.6 is 0 Å². The Morgan fingerprint density at radius 2 is 2.28 bits per heavy atom. The lowest BCUT2D eigenvalue weighted by Crippen LogP contribution is -2.45. The van der Waals surface area contributed by atoms with E-state index in [0.29, 0.717) is 30.8 Å². The van der Waals surface area contributed by atoms with Crippen LogP contribution in [0.4, 0.5) is 5.95 Å². The van der Waals surface area contributed by atoms with Crippen molar-refractivity contribution in [2.75, 3.05) is 18.9 Å². The minimum absolute atomic E-state index is 0.0301. The molecule has 1 aliphatic rings. The Labute approximate surface area is 145 Å². The van der Waals surface area contributed by atoms with E-state index in [0.717, 1.165) is 6.42 Å². The molecule has 25 heavy (non-hydrogen) atoms. The number of imidazole rings is 1. The fourth-order valence-electron chi connectivity index (χ4n) is 3.45. The monoisotopic (exact) mass is 352 g/mol. The third-order valence-corrected chi connectivity index (χ3v) is 4.70. The van der Waals surface area contributed by atoms with E-state index in [4.69, 9.17) is 15.2 Å². The van der Waals surface area contributed by atoms with Crippen molar-refractivity contribution in [2.24, 2.45) is 13.0 Å². The molecule has 0 aromatic carbocycles. The number of hydrogen-bond acceptors (Lipinski definition) is 6. The van der Waals surface area contributed by atoms with E-state index in [-0.39, 0.29) is 23.5 Å². The Hall–Kier alpha value is -1.97. The molecular formula is C16H26N5O4+. The average Bonchev–Trinajstić information content (AvgIpc) is 3.02. The van der Waals surface area contributed by atoms with Gasteiger partial charge in [0.2, 0.25) is 11.7 Å². The number of hydrogen-bond donors (Lipinski definition) is 3. The molecule has 2 aromatic rings. The van der Waals surface area contributed by atoms with Crippen molar-refractivity contribution in [3.05, 3.63) is 16.7 Å². The molecule has 0 bridgehead atoms. The van der Waals surface area contributed by atoms with Crippen LogP contribution < -0.4 is 15.9 Å². The number of aliphatic hydroxyl groups excluding tert-OH is 1. The van der Waals surface area contributed by atoms with Crippen molar-refractivity contribution < 1.29 is 19.1 Å². The predicted molar refractivity (Wildman–Crippen MR) is 90.7 cm³/mol. The maximum atomic E-state index is 12.1. The van der Waals surface area contributed by atoms with Crippen molar-refractivity contribution >= 4 is 17.1 Å². The van der Waals surface area contributed by atoms with Gasteiger partial charge < -0.3 is 20.3 Å². The fourth-order valence-corrected chi connectivity index (χ4v) is 3.45. The second kappa shape index (κ2) is 7.11. The zero-order valence-electron chi connectivity index (χ0n) is 14.8. The van der Waals surface area contributed by atoms with Crippen LogP contribution in [0.1, 0.15) is 32.9 Å². The van der Waals surface area contributed by atoms with Crippen LogP contribution in [0.3, 0.4) is 0 Å². The molecule has 0 aliphatic carbocycles. The topological polar surface area (TPSA) is 119 Å². The molecule has 4 atom stereocenters. The van der Waals surface area contributed by atoms with Gasteiger partial charge in [0.1, 0.15) is 6.10 Å². The summed E-state index contributed by atoms with van der Waals surface area (Å²) in [4.78, 5) is 18.8. The van der Waals surface area contributed by atoms with Crippen molar-refractivity contribution in [3.8, 4) is 0 Å². The van der Waals surface area contributed by atoms with Gasteiger partial charge in [-0.3, -0.25) is 14.3 Å². The van der Waals surface area contributed by atoms with E-state index in [1.807, 2.05) is 6.92 Å². The summed E-state index contributed by atoms with van der Waals surface area (Å²) in [5.74, 6) is -0.0218. The fraction of sp³-hybridized carbons (Fsp3) is 0.688. The number of rotatable bonds is 6. The Morgan fingerprint density at radius 3 is 3.00 bits per heavy atom. The van der Waals surface area contributed by atoms with Crippen molar-refractivity contribution in [3.63, 3.8) is 0 Å². The Bertz CT molecular complexity index is 802. The first-order chi connectivity index (χ1) is 11.9. The molecule has 2 aromatic heterocycles. The maximum Gasteiger partial charge on any atom is 0.313 e. The predicted octanol–water partition coefficient (Wildman–Crippen LogP) is -0.158. The summed E-state index contributed by atoms with van der Waals surface area (Å²) in [6.45, 7) is 5.30. The highest BCUT2D eigenvalue weighted by atomic mass is 16.5. The standard InChI is InChI=1S/C16H25N5O4/c1-4-6-24-7-5-10-9(2)25-15(12(10)22)21-8-20(3)11-13(21)18-16(17)19-14(11)23/h8-10,12,15,22H,4-7H2,1-3H3,(H2-,17,18,19,23)/p+1/t9-,10-,12-,15-/m1/s1. The summed E-state index contributed by atoms with van der Waals surface area (Å²) in [6, 6.07) is 0. The van der Waals surface area contributed by atoms with Gasteiger partial charge in [-0.25, -0.2) is 4.57 Å². The third kappa shape index (κ3) is 3.26. The molecule has 9 heteroatoms. The van der Waals surface area contributed by atoms with Crippen LogP contribution in [-0.4, -0.2) is 45.1 Å². The van der Waals surface area contributed by atoms with Crippen molar-refractivity contribution in [1.82, 2.24) is 14.5 Å². The second-order valence-electron chi connectivity index (χ2n) is 6.54. The van der Waals surface area contributed by atoms with Crippen LogP contribution in [0.2, 0.25) is 0 Å². The molecule has 3 heterocycles.